The van der Waals surface area contributed by atoms with Crippen LogP contribution in [0, 0.1) is 0 Å². The quantitative estimate of drug-likeness (QED) is 0.890. The first-order valence-corrected chi connectivity index (χ1v) is 8.81. The first-order valence-electron chi connectivity index (χ1n) is 6.54. The van der Waals surface area contributed by atoms with Gasteiger partial charge in [-0.2, -0.15) is 0 Å². The van der Waals surface area contributed by atoms with Crippen molar-refractivity contribution in [1.82, 2.24) is 19.7 Å². The molecule has 1 amide bonds. The number of aromatic nitrogens is 3. The molecule has 118 valence electrons. The molecule has 1 aromatic carbocycles. The molecule has 2 aromatic rings. The van der Waals surface area contributed by atoms with Crippen molar-refractivity contribution in [3.8, 4) is 5.69 Å². The Morgan fingerprint density at radius 2 is 2.14 bits per heavy atom. The van der Waals surface area contributed by atoms with Gasteiger partial charge in [0, 0.05) is 5.02 Å². The number of sulfonamides is 1. The van der Waals surface area contributed by atoms with Crippen LogP contribution in [0.5, 0.6) is 0 Å². The van der Waals surface area contributed by atoms with Crippen LogP contribution in [0.25, 0.3) is 5.69 Å². The van der Waals surface area contributed by atoms with E-state index < -0.39 is 15.9 Å². The fraction of sp³-hybridized carbons (Fsp3) is 0.308. The van der Waals surface area contributed by atoms with Gasteiger partial charge in [-0.1, -0.05) is 36.2 Å². The van der Waals surface area contributed by atoms with Crippen LogP contribution in [-0.2, 0) is 16.4 Å². The van der Waals surface area contributed by atoms with Crippen molar-refractivity contribution in [2.75, 3.05) is 6.26 Å². The van der Waals surface area contributed by atoms with Crippen molar-refractivity contribution >= 4 is 27.5 Å². The number of benzene rings is 1. The third-order valence-electron chi connectivity index (χ3n) is 2.80. The summed E-state index contributed by atoms with van der Waals surface area (Å²) >= 11 is 5.96. The van der Waals surface area contributed by atoms with E-state index in [1.165, 1.54) is 4.68 Å². The maximum absolute atomic E-state index is 12.0. The van der Waals surface area contributed by atoms with Crippen LogP contribution >= 0.6 is 11.6 Å². The molecule has 0 bridgehead atoms. The van der Waals surface area contributed by atoms with Gasteiger partial charge in [-0.05, 0) is 24.6 Å². The number of carbonyl (C=O) groups is 1. The van der Waals surface area contributed by atoms with Crippen LogP contribution in [0.4, 0.5) is 0 Å². The van der Waals surface area contributed by atoms with Crippen LogP contribution in [0.2, 0.25) is 5.02 Å². The van der Waals surface area contributed by atoms with Crippen molar-refractivity contribution in [1.29, 1.82) is 0 Å². The first-order chi connectivity index (χ1) is 10.3. The monoisotopic (exact) mass is 342 g/mol. The number of amides is 1. The van der Waals surface area contributed by atoms with Crippen LogP contribution in [-0.4, -0.2) is 35.6 Å². The van der Waals surface area contributed by atoms with E-state index in [4.69, 9.17) is 11.6 Å². The number of nitrogens with zero attached hydrogens (tertiary/aromatic N) is 3. The highest BCUT2D eigenvalue weighted by Gasteiger charge is 2.22. The zero-order chi connectivity index (χ0) is 16.3. The fourth-order valence-corrected chi connectivity index (χ4v) is 2.59. The zero-order valence-electron chi connectivity index (χ0n) is 12.1. The second-order valence-electron chi connectivity index (χ2n) is 4.73. The minimum atomic E-state index is -3.66. The van der Waals surface area contributed by atoms with E-state index in [1.807, 2.05) is 11.6 Å². The van der Waals surface area contributed by atoms with E-state index in [-0.39, 0.29) is 5.69 Å². The molecule has 0 unspecified atom stereocenters. The molecular weight excluding hydrogens is 328 g/mol. The summed E-state index contributed by atoms with van der Waals surface area (Å²) in [7, 11) is -3.66. The van der Waals surface area contributed by atoms with E-state index in [0.29, 0.717) is 22.8 Å². The lowest BCUT2D eigenvalue weighted by Crippen LogP contribution is -2.30. The normalized spacial score (nSPS) is 11.4. The maximum Gasteiger partial charge on any atom is 0.287 e. The van der Waals surface area contributed by atoms with Gasteiger partial charge in [0.15, 0.2) is 5.69 Å². The molecule has 0 saturated heterocycles. The molecule has 1 heterocycles. The van der Waals surface area contributed by atoms with Crippen LogP contribution in [0.15, 0.2) is 24.3 Å². The average molecular weight is 343 g/mol. The van der Waals surface area contributed by atoms with E-state index in [2.05, 4.69) is 10.3 Å². The van der Waals surface area contributed by atoms with Crippen molar-refractivity contribution in [2.24, 2.45) is 0 Å². The number of halogens is 1. The van der Waals surface area contributed by atoms with Gasteiger partial charge in [-0.25, -0.2) is 17.8 Å². The summed E-state index contributed by atoms with van der Waals surface area (Å²) in [6.07, 6.45) is 2.17. The molecule has 0 aliphatic carbocycles. The van der Waals surface area contributed by atoms with Gasteiger partial charge in [0.05, 0.1) is 17.6 Å². The molecule has 0 fully saturated rings. The van der Waals surface area contributed by atoms with Gasteiger partial charge in [0.1, 0.15) is 0 Å². The highest BCUT2D eigenvalue weighted by atomic mass is 35.5. The van der Waals surface area contributed by atoms with Crippen LogP contribution in [0.3, 0.4) is 0 Å². The second-order valence-corrected chi connectivity index (χ2v) is 6.91. The Hall–Kier alpha value is -1.93. The summed E-state index contributed by atoms with van der Waals surface area (Å²) in [4.78, 5) is 12.0. The number of carbonyl (C=O) groups excluding carboxylic acids is 1. The van der Waals surface area contributed by atoms with Gasteiger partial charge in [-0.3, -0.25) is 4.79 Å². The van der Waals surface area contributed by atoms with Gasteiger partial charge in [0.25, 0.3) is 5.91 Å². The molecule has 0 spiro atoms. The fourth-order valence-electron chi connectivity index (χ4n) is 1.97. The Kier molecular flexibility index (Phi) is 4.82. The highest BCUT2D eigenvalue weighted by Crippen LogP contribution is 2.18. The molecule has 7 nitrogen and oxygen atoms in total. The molecule has 0 saturated carbocycles. The summed E-state index contributed by atoms with van der Waals surface area (Å²) in [5.74, 6) is -0.792. The van der Waals surface area contributed by atoms with E-state index >= 15 is 0 Å². The summed E-state index contributed by atoms with van der Waals surface area (Å²) in [6, 6.07) is 6.94. The van der Waals surface area contributed by atoms with Gasteiger partial charge < -0.3 is 0 Å². The summed E-state index contributed by atoms with van der Waals surface area (Å²) in [6.45, 7) is 1.94. The molecule has 0 atom stereocenters. The van der Waals surface area contributed by atoms with Crippen molar-refractivity contribution in [2.45, 2.75) is 19.8 Å². The second kappa shape index (κ2) is 6.45. The topological polar surface area (TPSA) is 93.9 Å². The van der Waals surface area contributed by atoms with Crippen molar-refractivity contribution < 1.29 is 13.2 Å². The first kappa shape index (κ1) is 16.4. The minimum absolute atomic E-state index is 0.00718. The van der Waals surface area contributed by atoms with Crippen LogP contribution < -0.4 is 4.72 Å². The number of nitrogens with one attached hydrogen (secondary N) is 1. The van der Waals surface area contributed by atoms with Crippen molar-refractivity contribution in [3.63, 3.8) is 0 Å². The number of hydrogen-bond acceptors (Lipinski definition) is 5. The molecule has 22 heavy (non-hydrogen) atoms. The summed E-state index contributed by atoms with van der Waals surface area (Å²) in [5.41, 5.74) is 1.18. The Labute approximate surface area is 133 Å². The number of rotatable bonds is 5. The predicted molar refractivity (Wildman–Crippen MR) is 82.7 cm³/mol. The molecule has 0 radical (unpaired) electrons. The lowest BCUT2D eigenvalue weighted by atomic mass is 10.2. The van der Waals surface area contributed by atoms with Gasteiger partial charge in [-0.15, -0.1) is 5.10 Å². The van der Waals surface area contributed by atoms with Gasteiger partial charge >= 0.3 is 0 Å². The smallest absolute Gasteiger partial charge is 0.266 e. The predicted octanol–water partition coefficient (Wildman–Crippen LogP) is 1.56. The lowest BCUT2D eigenvalue weighted by Gasteiger charge is -2.07. The Balaban J connectivity index is 2.47. The third kappa shape index (κ3) is 3.83. The van der Waals surface area contributed by atoms with E-state index in [1.54, 1.807) is 24.3 Å². The number of hydrogen-bond donors (Lipinski definition) is 1. The molecule has 0 aliphatic heterocycles. The SMILES string of the molecule is CCCc1c(C(=O)NS(C)(=O)=O)nnn1-c1cccc(Cl)c1. The third-order valence-corrected chi connectivity index (χ3v) is 3.59. The average Bonchev–Trinajstić information content (AvgIpc) is 2.81. The molecule has 2 rings (SSSR count). The van der Waals surface area contributed by atoms with E-state index in [0.717, 1.165) is 12.7 Å². The van der Waals surface area contributed by atoms with Crippen LogP contribution in [0.1, 0.15) is 29.5 Å². The van der Waals surface area contributed by atoms with E-state index in [9.17, 15) is 13.2 Å². The highest BCUT2D eigenvalue weighted by molar-refractivity contribution is 7.89. The van der Waals surface area contributed by atoms with Gasteiger partial charge in [0.2, 0.25) is 10.0 Å². The molecular formula is C13H15ClN4O3S. The molecule has 9 heteroatoms. The standard InChI is InChI=1S/C13H15ClN4O3S/c1-3-5-11-12(13(19)16-22(2,20)21)15-17-18(11)10-7-4-6-9(14)8-10/h4,6-8H,3,5H2,1-2H3,(H,16,19). The Morgan fingerprint density at radius 3 is 2.73 bits per heavy atom. The lowest BCUT2D eigenvalue weighted by molar-refractivity contribution is 0.0976. The maximum atomic E-state index is 12.0. The summed E-state index contributed by atoms with van der Waals surface area (Å²) in [5, 5.41) is 8.29. The van der Waals surface area contributed by atoms with Crippen molar-refractivity contribution in [3.05, 3.63) is 40.7 Å². The Morgan fingerprint density at radius 1 is 1.41 bits per heavy atom. The molecule has 1 N–H and O–H groups in total. The molecule has 0 aliphatic rings. The molecule has 1 aromatic heterocycles. The minimum Gasteiger partial charge on any atom is -0.266 e. The summed E-state index contributed by atoms with van der Waals surface area (Å²) < 4.78 is 25.8. The Bertz CT molecular complexity index is 801. The largest absolute Gasteiger partial charge is 0.287 e. The zero-order valence-corrected chi connectivity index (χ0v) is 13.6.